The summed E-state index contributed by atoms with van der Waals surface area (Å²) in [7, 11) is 0. The Morgan fingerprint density at radius 1 is 1.12 bits per heavy atom. The van der Waals surface area contributed by atoms with Crippen LogP contribution in [0.15, 0.2) is 24.3 Å². The zero-order valence-corrected chi connectivity index (χ0v) is 11.1. The Labute approximate surface area is 104 Å². The van der Waals surface area contributed by atoms with Crippen LogP contribution in [0.1, 0.15) is 63.5 Å². The number of ketones is 1. The molecule has 1 aromatic carbocycles. The molecule has 1 saturated carbocycles. The summed E-state index contributed by atoms with van der Waals surface area (Å²) in [5.41, 5.74) is 2.91. The molecule has 0 bridgehead atoms. The standard InChI is InChI=1S/C16H22O/c1-16(2,3)14-9-7-12(8-10-14)13-5-4-6-15(17)11-13/h7-10,13H,4-6,11H2,1-3H3/t13-/m1/s1. The third kappa shape index (κ3) is 2.96. The Balaban J connectivity index is 2.15. The maximum atomic E-state index is 11.5. The van der Waals surface area contributed by atoms with Crippen LogP contribution < -0.4 is 0 Å². The second-order valence-corrected chi connectivity index (χ2v) is 6.20. The number of Topliss-reactive ketones (excluding diaryl/α,β-unsaturated/α-hetero) is 1. The monoisotopic (exact) mass is 230 g/mol. The first kappa shape index (κ1) is 12.3. The van der Waals surface area contributed by atoms with E-state index in [1.165, 1.54) is 17.5 Å². The smallest absolute Gasteiger partial charge is 0.133 e. The van der Waals surface area contributed by atoms with Crippen LogP contribution in [0.25, 0.3) is 0 Å². The molecule has 1 heteroatoms. The zero-order valence-electron chi connectivity index (χ0n) is 11.1. The van der Waals surface area contributed by atoms with Crippen LogP contribution >= 0.6 is 0 Å². The van der Waals surface area contributed by atoms with Gasteiger partial charge < -0.3 is 0 Å². The molecular weight excluding hydrogens is 208 g/mol. The summed E-state index contributed by atoms with van der Waals surface area (Å²) in [5.74, 6) is 0.895. The van der Waals surface area contributed by atoms with Gasteiger partial charge in [0.05, 0.1) is 0 Å². The minimum atomic E-state index is 0.209. The van der Waals surface area contributed by atoms with Crippen molar-refractivity contribution in [3.05, 3.63) is 35.4 Å². The Morgan fingerprint density at radius 3 is 2.29 bits per heavy atom. The average molecular weight is 230 g/mol. The molecule has 0 heterocycles. The van der Waals surface area contributed by atoms with E-state index in [1.54, 1.807) is 0 Å². The van der Waals surface area contributed by atoms with Crippen LogP contribution in [0, 0.1) is 0 Å². The summed E-state index contributed by atoms with van der Waals surface area (Å²) in [5, 5.41) is 0. The SMILES string of the molecule is CC(C)(C)c1ccc([C@@H]2CCCC(=O)C2)cc1. The van der Waals surface area contributed by atoms with Crippen LogP contribution in [0.4, 0.5) is 0 Å². The van der Waals surface area contributed by atoms with E-state index in [-0.39, 0.29) is 5.41 Å². The first-order valence-corrected chi connectivity index (χ1v) is 6.59. The van der Waals surface area contributed by atoms with Crippen molar-refractivity contribution in [1.82, 2.24) is 0 Å². The molecule has 0 N–H and O–H groups in total. The minimum absolute atomic E-state index is 0.209. The fourth-order valence-corrected chi connectivity index (χ4v) is 2.56. The second kappa shape index (κ2) is 4.64. The molecule has 0 unspecified atom stereocenters. The van der Waals surface area contributed by atoms with Crippen molar-refractivity contribution in [1.29, 1.82) is 0 Å². The lowest BCUT2D eigenvalue weighted by molar-refractivity contribution is -0.120. The lowest BCUT2D eigenvalue weighted by atomic mass is 9.81. The molecule has 0 radical (unpaired) electrons. The average Bonchev–Trinajstić information content (AvgIpc) is 2.28. The molecule has 1 aromatic rings. The number of carbonyl (C=O) groups is 1. The molecule has 17 heavy (non-hydrogen) atoms. The fraction of sp³-hybridized carbons (Fsp3) is 0.562. The number of benzene rings is 1. The van der Waals surface area contributed by atoms with Gasteiger partial charge >= 0.3 is 0 Å². The molecule has 1 fully saturated rings. The van der Waals surface area contributed by atoms with Gasteiger partial charge in [-0.05, 0) is 35.3 Å². The van der Waals surface area contributed by atoms with Crippen molar-refractivity contribution < 1.29 is 4.79 Å². The zero-order chi connectivity index (χ0) is 12.5. The predicted octanol–water partition coefficient (Wildman–Crippen LogP) is 4.21. The Kier molecular flexibility index (Phi) is 3.37. The Morgan fingerprint density at radius 2 is 1.76 bits per heavy atom. The maximum absolute atomic E-state index is 11.5. The number of hydrogen-bond donors (Lipinski definition) is 0. The summed E-state index contributed by atoms with van der Waals surface area (Å²) < 4.78 is 0. The summed E-state index contributed by atoms with van der Waals surface area (Å²) in [6.45, 7) is 6.68. The molecular formula is C16H22O. The third-order valence-electron chi connectivity index (χ3n) is 3.73. The first-order valence-electron chi connectivity index (χ1n) is 6.59. The van der Waals surface area contributed by atoms with Crippen LogP contribution in [-0.4, -0.2) is 5.78 Å². The number of rotatable bonds is 1. The van der Waals surface area contributed by atoms with Crippen molar-refractivity contribution in [3.63, 3.8) is 0 Å². The lowest BCUT2D eigenvalue weighted by Crippen LogP contribution is -2.14. The lowest BCUT2D eigenvalue weighted by Gasteiger charge is -2.23. The van der Waals surface area contributed by atoms with Crippen molar-refractivity contribution in [2.45, 2.75) is 57.8 Å². The van der Waals surface area contributed by atoms with Gasteiger partial charge in [0.1, 0.15) is 5.78 Å². The molecule has 0 spiro atoms. The highest BCUT2D eigenvalue weighted by Gasteiger charge is 2.21. The van der Waals surface area contributed by atoms with E-state index >= 15 is 0 Å². The summed E-state index contributed by atoms with van der Waals surface area (Å²) in [6.07, 6.45) is 3.76. The highest BCUT2D eigenvalue weighted by atomic mass is 16.1. The number of hydrogen-bond acceptors (Lipinski definition) is 1. The van der Waals surface area contributed by atoms with Gasteiger partial charge in [0.25, 0.3) is 0 Å². The normalized spacial score (nSPS) is 21.6. The van der Waals surface area contributed by atoms with E-state index in [0.717, 1.165) is 19.3 Å². The molecule has 0 amide bonds. The van der Waals surface area contributed by atoms with Gasteiger partial charge in [-0.15, -0.1) is 0 Å². The van der Waals surface area contributed by atoms with Crippen molar-refractivity contribution in [3.8, 4) is 0 Å². The molecule has 0 aliphatic heterocycles. The first-order chi connectivity index (χ1) is 7.97. The third-order valence-corrected chi connectivity index (χ3v) is 3.73. The van der Waals surface area contributed by atoms with E-state index < -0.39 is 0 Å². The maximum Gasteiger partial charge on any atom is 0.133 e. The summed E-state index contributed by atoms with van der Waals surface area (Å²) in [6, 6.07) is 8.86. The van der Waals surface area contributed by atoms with Crippen molar-refractivity contribution in [2.24, 2.45) is 0 Å². The van der Waals surface area contributed by atoms with E-state index in [2.05, 4.69) is 45.0 Å². The van der Waals surface area contributed by atoms with E-state index in [9.17, 15) is 4.79 Å². The topological polar surface area (TPSA) is 17.1 Å². The molecule has 92 valence electrons. The van der Waals surface area contributed by atoms with Crippen molar-refractivity contribution >= 4 is 5.78 Å². The van der Waals surface area contributed by atoms with E-state index in [0.29, 0.717) is 11.7 Å². The quantitative estimate of drug-likeness (QED) is 0.706. The Bertz CT molecular complexity index is 395. The van der Waals surface area contributed by atoms with E-state index in [1.807, 2.05) is 0 Å². The molecule has 0 saturated heterocycles. The molecule has 1 atom stereocenters. The van der Waals surface area contributed by atoms with Gasteiger partial charge in [0.2, 0.25) is 0 Å². The molecule has 1 nitrogen and oxygen atoms in total. The molecule has 0 aromatic heterocycles. The fourth-order valence-electron chi connectivity index (χ4n) is 2.56. The summed E-state index contributed by atoms with van der Waals surface area (Å²) in [4.78, 5) is 11.5. The van der Waals surface area contributed by atoms with Gasteiger partial charge in [0.15, 0.2) is 0 Å². The minimum Gasteiger partial charge on any atom is -0.300 e. The highest BCUT2D eigenvalue weighted by molar-refractivity contribution is 5.80. The van der Waals surface area contributed by atoms with Crippen LogP contribution in [0.3, 0.4) is 0 Å². The Hall–Kier alpha value is -1.11. The van der Waals surface area contributed by atoms with Gasteiger partial charge in [-0.3, -0.25) is 4.79 Å². The van der Waals surface area contributed by atoms with Gasteiger partial charge in [-0.25, -0.2) is 0 Å². The number of carbonyl (C=O) groups excluding carboxylic acids is 1. The molecule has 1 aliphatic rings. The van der Waals surface area contributed by atoms with Crippen LogP contribution in [0.5, 0.6) is 0 Å². The van der Waals surface area contributed by atoms with Crippen LogP contribution in [0.2, 0.25) is 0 Å². The molecule has 2 rings (SSSR count). The largest absolute Gasteiger partial charge is 0.300 e. The summed E-state index contributed by atoms with van der Waals surface area (Å²) >= 11 is 0. The predicted molar refractivity (Wildman–Crippen MR) is 71.4 cm³/mol. The second-order valence-electron chi connectivity index (χ2n) is 6.20. The van der Waals surface area contributed by atoms with E-state index in [4.69, 9.17) is 0 Å². The van der Waals surface area contributed by atoms with Gasteiger partial charge in [-0.1, -0.05) is 45.0 Å². The van der Waals surface area contributed by atoms with Crippen LogP contribution in [-0.2, 0) is 10.2 Å². The molecule has 1 aliphatic carbocycles. The van der Waals surface area contributed by atoms with Gasteiger partial charge in [-0.2, -0.15) is 0 Å². The highest BCUT2D eigenvalue weighted by Crippen LogP contribution is 2.32. The van der Waals surface area contributed by atoms with Gasteiger partial charge in [0, 0.05) is 12.8 Å². The van der Waals surface area contributed by atoms with Crippen molar-refractivity contribution in [2.75, 3.05) is 0 Å².